The molecule has 0 spiro atoms. The van der Waals surface area contributed by atoms with Crippen LogP contribution in [-0.4, -0.2) is 41.0 Å². The second-order valence-electron chi connectivity index (χ2n) is 12.5. The van der Waals surface area contributed by atoms with Gasteiger partial charge in [0.15, 0.2) is 6.10 Å². The molecule has 0 aromatic rings. The number of rotatable bonds is 34. The summed E-state index contributed by atoms with van der Waals surface area (Å²) in [6.07, 6.45) is 41.1. The third kappa shape index (κ3) is 36.8. The van der Waals surface area contributed by atoms with E-state index in [9.17, 15) is 14.2 Å². The van der Waals surface area contributed by atoms with E-state index < -0.39 is 32.5 Å². The van der Waals surface area contributed by atoms with Gasteiger partial charge in [0, 0.05) is 12.8 Å². The zero-order valence-electron chi connectivity index (χ0n) is 30.4. The number of unbranched alkanes of at least 4 members (excludes halogenated alkanes) is 16. The molecule has 0 aromatic carbocycles. The van der Waals surface area contributed by atoms with Crippen molar-refractivity contribution in [3.63, 3.8) is 0 Å². The fourth-order valence-corrected chi connectivity index (χ4v) is 5.32. The molecule has 0 amide bonds. The Bertz CT molecular complexity index is 921. The Balaban J connectivity index is 4.03. The molecule has 0 bridgehead atoms. The van der Waals surface area contributed by atoms with Gasteiger partial charge in [0.1, 0.15) is 6.61 Å². The fourth-order valence-electron chi connectivity index (χ4n) is 4.96. The summed E-state index contributed by atoms with van der Waals surface area (Å²) in [7, 11) is -4.76. The van der Waals surface area contributed by atoms with Gasteiger partial charge < -0.3 is 19.3 Å². The predicted molar refractivity (Wildman–Crippen MR) is 198 cm³/mol. The van der Waals surface area contributed by atoms with Gasteiger partial charge in [-0.1, -0.05) is 127 Å². The molecular weight excluding hydrogens is 627 g/mol. The second-order valence-corrected chi connectivity index (χ2v) is 13.8. The maximum Gasteiger partial charge on any atom is 0.469 e. The minimum Gasteiger partial charge on any atom is -0.462 e. The van der Waals surface area contributed by atoms with Crippen LogP contribution in [0.2, 0.25) is 0 Å². The number of carbonyl (C=O) groups is 2. The Morgan fingerprint density at radius 1 is 0.542 bits per heavy atom. The van der Waals surface area contributed by atoms with E-state index in [1.54, 1.807) is 0 Å². The summed E-state index contributed by atoms with van der Waals surface area (Å²) < 4.78 is 26.3. The molecule has 0 rings (SSSR count). The van der Waals surface area contributed by atoms with Crippen LogP contribution >= 0.6 is 7.82 Å². The highest BCUT2D eigenvalue weighted by Crippen LogP contribution is 2.36. The molecule has 1 atom stereocenters. The molecule has 0 saturated carbocycles. The van der Waals surface area contributed by atoms with E-state index in [1.165, 1.54) is 51.4 Å². The average Bonchev–Trinajstić information content (AvgIpc) is 3.05. The van der Waals surface area contributed by atoms with E-state index in [0.717, 1.165) is 77.0 Å². The highest BCUT2D eigenvalue weighted by Gasteiger charge is 2.22. The number of esters is 2. The van der Waals surface area contributed by atoms with E-state index in [-0.39, 0.29) is 19.4 Å². The topological polar surface area (TPSA) is 119 Å². The average molecular weight is 697 g/mol. The molecule has 0 radical (unpaired) electrons. The molecule has 0 heterocycles. The van der Waals surface area contributed by atoms with Crippen molar-refractivity contribution in [2.75, 3.05) is 13.2 Å². The van der Waals surface area contributed by atoms with Crippen LogP contribution in [0.5, 0.6) is 0 Å². The minimum absolute atomic E-state index is 0.191. The lowest BCUT2D eigenvalue weighted by atomic mass is 10.1. The summed E-state index contributed by atoms with van der Waals surface area (Å²) in [6.45, 7) is 3.59. The maximum atomic E-state index is 12.4. The van der Waals surface area contributed by atoms with Gasteiger partial charge in [0.05, 0.1) is 6.61 Å². The van der Waals surface area contributed by atoms with Crippen molar-refractivity contribution in [1.82, 2.24) is 0 Å². The zero-order chi connectivity index (χ0) is 35.4. The lowest BCUT2D eigenvalue weighted by Crippen LogP contribution is -2.29. The van der Waals surface area contributed by atoms with Crippen molar-refractivity contribution in [1.29, 1.82) is 0 Å². The Morgan fingerprint density at radius 2 is 0.938 bits per heavy atom. The summed E-state index contributed by atoms with van der Waals surface area (Å²) in [5.74, 6) is -0.920. The Morgan fingerprint density at radius 3 is 1.38 bits per heavy atom. The standard InChI is InChI=1S/C39H69O8P/c1-3-5-7-9-11-13-15-17-19-21-23-25-27-29-31-33-38(40)45-35-37(36-46-48(42,43)44)47-39(41)34-32-30-28-26-24-22-20-18-16-14-12-10-8-6-4-2/h11-14,17-20,37H,3-10,15-16,21-36H2,1-2H3,(H2,42,43,44)/b13-11+,14-12-,19-17+,20-18+/t37-/m1/s1. The van der Waals surface area contributed by atoms with E-state index in [1.807, 2.05) is 0 Å². The number of allylic oxidation sites excluding steroid dienone is 8. The van der Waals surface area contributed by atoms with Crippen LogP contribution in [0.3, 0.4) is 0 Å². The highest BCUT2D eigenvalue weighted by molar-refractivity contribution is 7.46. The molecule has 278 valence electrons. The van der Waals surface area contributed by atoms with Crippen molar-refractivity contribution in [2.24, 2.45) is 0 Å². The molecule has 0 aromatic heterocycles. The van der Waals surface area contributed by atoms with Gasteiger partial charge >= 0.3 is 19.8 Å². The number of phosphoric acid groups is 1. The van der Waals surface area contributed by atoms with E-state index in [2.05, 4.69) is 67.0 Å². The smallest absolute Gasteiger partial charge is 0.462 e. The van der Waals surface area contributed by atoms with Crippen molar-refractivity contribution in [3.8, 4) is 0 Å². The van der Waals surface area contributed by atoms with Crippen LogP contribution in [0.1, 0.15) is 168 Å². The first-order valence-corrected chi connectivity index (χ1v) is 20.5. The Labute approximate surface area is 293 Å². The molecular formula is C39H69O8P. The van der Waals surface area contributed by atoms with Crippen molar-refractivity contribution in [3.05, 3.63) is 48.6 Å². The SMILES string of the molecule is CCCCC/C=C\C/C=C/CCCCCCCC(=O)O[C@H](COC(=O)CCCCCCC/C=C/C/C=C/CCCCC)COP(=O)(O)O. The molecule has 2 N–H and O–H groups in total. The predicted octanol–water partition coefficient (Wildman–Crippen LogP) is 11.2. The number of hydrogen-bond donors (Lipinski definition) is 2. The summed E-state index contributed by atoms with van der Waals surface area (Å²) in [4.78, 5) is 42.7. The lowest BCUT2D eigenvalue weighted by Gasteiger charge is -2.18. The van der Waals surface area contributed by atoms with Crippen LogP contribution in [0.15, 0.2) is 48.6 Å². The highest BCUT2D eigenvalue weighted by atomic mass is 31.2. The molecule has 0 unspecified atom stereocenters. The summed E-state index contributed by atoms with van der Waals surface area (Å²) in [5.41, 5.74) is 0. The number of hydrogen-bond acceptors (Lipinski definition) is 6. The van der Waals surface area contributed by atoms with Gasteiger partial charge in [0.2, 0.25) is 0 Å². The summed E-state index contributed by atoms with van der Waals surface area (Å²) >= 11 is 0. The number of ether oxygens (including phenoxy) is 2. The van der Waals surface area contributed by atoms with Crippen molar-refractivity contribution in [2.45, 2.75) is 174 Å². The zero-order valence-corrected chi connectivity index (χ0v) is 31.3. The first-order valence-electron chi connectivity index (χ1n) is 18.9. The van der Waals surface area contributed by atoms with Crippen molar-refractivity contribution < 1.29 is 37.9 Å². The molecule has 8 nitrogen and oxygen atoms in total. The largest absolute Gasteiger partial charge is 0.469 e. The fraction of sp³-hybridized carbons (Fsp3) is 0.744. The quantitative estimate of drug-likeness (QED) is 0.0295. The molecule has 0 saturated heterocycles. The summed E-state index contributed by atoms with van der Waals surface area (Å²) in [6, 6.07) is 0. The van der Waals surface area contributed by atoms with Gasteiger partial charge in [0.25, 0.3) is 0 Å². The van der Waals surface area contributed by atoms with Gasteiger partial charge in [-0.25, -0.2) is 4.57 Å². The van der Waals surface area contributed by atoms with Gasteiger partial charge in [-0.05, 0) is 77.0 Å². The van der Waals surface area contributed by atoms with Crippen LogP contribution < -0.4 is 0 Å². The van der Waals surface area contributed by atoms with Crippen LogP contribution in [0.25, 0.3) is 0 Å². The second kappa shape index (κ2) is 34.9. The lowest BCUT2D eigenvalue weighted by molar-refractivity contribution is -0.161. The van der Waals surface area contributed by atoms with Crippen LogP contribution in [0.4, 0.5) is 0 Å². The van der Waals surface area contributed by atoms with Crippen molar-refractivity contribution >= 4 is 19.8 Å². The monoisotopic (exact) mass is 696 g/mol. The van der Waals surface area contributed by atoms with Gasteiger partial charge in [-0.3, -0.25) is 14.1 Å². The number of phosphoric ester groups is 1. The normalized spacial score (nSPS) is 13.0. The van der Waals surface area contributed by atoms with Gasteiger partial charge in [-0.2, -0.15) is 0 Å². The molecule has 48 heavy (non-hydrogen) atoms. The van der Waals surface area contributed by atoms with Crippen LogP contribution in [0, 0.1) is 0 Å². The Hall–Kier alpha value is -1.99. The first-order chi connectivity index (χ1) is 23.3. The summed E-state index contributed by atoms with van der Waals surface area (Å²) in [5, 5.41) is 0. The minimum atomic E-state index is -4.76. The molecule has 0 fully saturated rings. The third-order valence-corrected chi connectivity index (χ3v) is 8.31. The molecule has 0 aliphatic rings. The first kappa shape index (κ1) is 46.0. The molecule has 9 heteroatoms. The van der Waals surface area contributed by atoms with Gasteiger partial charge in [-0.15, -0.1) is 0 Å². The van der Waals surface area contributed by atoms with E-state index in [0.29, 0.717) is 12.8 Å². The van der Waals surface area contributed by atoms with E-state index >= 15 is 0 Å². The van der Waals surface area contributed by atoms with E-state index in [4.69, 9.17) is 19.3 Å². The Kier molecular flexibility index (Phi) is 33.4. The van der Waals surface area contributed by atoms with Crippen LogP contribution in [-0.2, 0) is 28.2 Å². The number of carbonyl (C=O) groups excluding carboxylic acids is 2. The third-order valence-electron chi connectivity index (χ3n) is 7.82. The molecule has 0 aliphatic heterocycles. The maximum absolute atomic E-state index is 12.4. The molecule has 0 aliphatic carbocycles.